The number of aliphatic hydroxyl groups is 3. The zero-order valence-corrected chi connectivity index (χ0v) is 26.4. The molecule has 0 aromatic carbocycles. The molecule has 0 atom stereocenters. The van der Waals surface area contributed by atoms with Crippen molar-refractivity contribution in [2.75, 3.05) is 39.5 Å². The first kappa shape index (κ1) is 47.1. The summed E-state index contributed by atoms with van der Waals surface area (Å²) in [5.74, 6) is -1.48. The molecule has 0 rings (SSSR count). The molecule has 12 nitrogen and oxygen atoms in total. The van der Waals surface area contributed by atoms with Gasteiger partial charge in [0.05, 0.1) is 19.8 Å². The first-order valence-electron chi connectivity index (χ1n) is 9.19. The minimum atomic E-state index is -5.39. The molecule has 0 aromatic heterocycles. The molecule has 0 aliphatic heterocycles. The number of carboxylic acid groups (broad SMARTS) is 2. The van der Waals surface area contributed by atoms with Crippen LogP contribution in [0, 0.1) is 0 Å². The van der Waals surface area contributed by atoms with Crippen molar-refractivity contribution in [1.82, 2.24) is 4.90 Å². The Labute approximate surface area is 255 Å². The molecule has 0 aliphatic carbocycles. The van der Waals surface area contributed by atoms with E-state index in [1.807, 2.05) is 0 Å². The summed E-state index contributed by atoms with van der Waals surface area (Å²) in [5, 5.41) is 42.2. The Hall–Kier alpha value is 1.89. The van der Waals surface area contributed by atoms with Crippen LogP contribution in [0.25, 0.3) is 0 Å². The summed E-state index contributed by atoms with van der Waals surface area (Å²) >= 11 is 0. The quantitative estimate of drug-likeness (QED) is 0.0779. The summed E-state index contributed by atoms with van der Waals surface area (Å²) in [5.41, 5.74) is 0. The Morgan fingerprint density at radius 2 is 0.844 bits per heavy atom. The number of aliphatic hydroxyl groups excluding tert-OH is 3. The summed E-state index contributed by atoms with van der Waals surface area (Å²) in [6.07, 6.45) is 5.82. The van der Waals surface area contributed by atoms with E-state index in [2.05, 4.69) is 0 Å². The minimum Gasteiger partial charge on any atom is -0.822 e. The van der Waals surface area contributed by atoms with Gasteiger partial charge in [-0.05, 0) is 12.8 Å². The van der Waals surface area contributed by atoms with Crippen LogP contribution in [0.1, 0.15) is 51.4 Å². The van der Waals surface area contributed by atoms with Crippen molar-refractivity contribution in [3.8, 4) is 0 Å². The van der Waals surface area contributed by atoms with E-state index in [4.69, 9.17) is 44.8 Å². The predicted molar refractivity (Wildman–Crippen MR) is 97.5 cm³/mol. The van der Waals surface area contributed by atoms with Crippen LogP contribution in [0.4, 0.5) is 0 Å². The second-order valence-corrected chi connectivity index (χ2v) is 6.76. The zero-order valence-electron chi connectivity index (χ0n) is 19.5. The van der Waals surface area contributed by atoms with Gasteiger partial charge in [0.1, 0.15) is 0 Å². The van der Waals surface area contributed by atoms with E-state index in [-0.39, 0.29) is 121 Å². The largest absolute Gasteiger partial charge is 1.00 e. The van der Waals surface area contributed by atoms with Crippen molar-refractivity contribution in [3.05, 3.63) is 0 Å². The standard InChI is InChI=1S/C10H18O4.C6H15NO3.3Na.H3O4P/c11-9(12)7-5-3-1-2-4-6-8-10(13)14;8-4-1-7(2-5-9)3-6-10;;;;1-5(2,3)4/h1-8H2,(H,11,12)(H,13,14);8-10H,1-6H2;;;;(H3,1,2,3,4)/q;;3*+1;/p-3. The number of carboxylic acids is 2. The number of hydrogen-bond acceptors (Lipinski definition) is 10. The molecule has 0 aliphatic rings. The first-order valence-corrected chi connectivity index (χ1v) is 10.7. The van der Waals surface area contributed by atoms with Crippen molar-refractivity contribution in [2.24, 2.45) is 0 Å². The van der Waals surface area contributed by atoms with Crippen LogP contribution in [0.5, 0.6) is 0 Å². The SMILES string of the molecule is O=C(O)CCCCCCCCC(=O)O.O=P([O-])([O-])[O-].OCCN(CCO)CCO.[Na+].[Na+].[Na+]. The second kappa shape index (κ2) is 35.1. The summed E-state index contributed by atoms with van der Waals surface area (Å²) in [4.78, 5) is 47.7. The molecule has 16 heteroatoms. The van der Waals surface area contributed by atoms with Gasteiger partial charge in [0.25, 0.3) is 0 Å². The second-order valence-electron chi connectivity index (χ2n) is 5.87. The van der Waals surface area contributed by atoms with Crippen LogP contribution in [0.2, 0.25) is 0 Å². The van der Waals surface area contributed by atoms with E-state index in [9.17, 15) is 9.59 Å². The molecular formula is C16H33NNa3O11P. The summed E-state index contributed by atoms with van der Waals surface area (Å²) in [6, 6.07) is 0. The minimum absolute atomic E-state index is 0. The number of nitrogens with zero attached hydrogens (tertiary/aromatic N) is 1. The normalized spacial score (nSPS) is 9.59. The van der Waals surface area contributed by atoms with Gasteiger partial charge in [-0.15, -0.1) is 0 Å². The Bertz CT molecular complexity index is 403. The van der Waals surface area contributed by atoms with Gasteiger partial charge in [0.2, 0.25) is 0 Å². The van der Waals surface area contributed by atoms with Gasteiger partial charge >= 0.3 is 101 Å². The third kappa shape index (κ3) is 63.5. The molecule has 0 bridgehead atoms. The van der Waals surface area contributed by atoms with Crippen molar-refractivity contribution >= 4 is 19.8 Å². The van der Waals surface area contributed by atoms with E-state index >= 15 is 0 Å². The Balaban J connectivity index is -0.0000000832. The fourth-order valence-corrected chi connectivity index (χ4v) is 2.02. The van der Waals surface area contributed by atoms with Crippen LogP contribution in [0.15, 0.2) is 0 Å². The van der Waals surface area contributed by atoms with Crippen LogP contribution < -0.4 is 103 Å². The topological polar surface area (TPSA) is 225 Å². The van der Waals surface area contributed by atoms with E-state index in [0.29, 0.717) is 19.6 Å². The van der Waals surface area contributed by atoms with E-state index in [1.54, 1.807) is 4.90 Å². The van der Waals surface area contributed by atoms with Gasteiger partial charge < -0.3 is 44.8 Å². The molecule has 0 radical (unpaired) electrons. The Kier molecular flexibility index (Phi) is 51.6. The summed E-state index contributed by atoms with van der Waals surface area (Å²) in [7, 11) is -5.39. The monoisotopic (exact) mass is 515 g/mol. The molecule has 0 saturated carbocycles. The maximum atomic E-state index is 10.1. The van der Waals surface area contributed by atoms with E-state index in [1.165, 1.54) is 0 Å². The first-order chi connectivity index (χ1) is 13.5. The molecule has 32 heavy (non-hydrogen) atoms. The zero-order chi connectivity index (χ0) is 23.1. The fourth-order valence-electron chi connectivity index (χ4n) is 2.02. The van der Waals surface area contributed by atoms with Gasteiger partial charge in [0.15, 0.2) is 0 Å². The Morgan fingerprint density at radius 3 is 1.03 bits per heavy atom. The number of hydrogen-bond donors (Lipinski definition) is 5. The maximum absolute atomic E-state index is 10.1. The molecule has 0 spiro atoms. The van der Waals surface area contributed by atoms with Gasteiger partial charge in [-0.25, -0.2) is 0 Å². The fraction of sp³-hybridized carbons (Fsp3) is 0.875. The summed E-state index contributed by atoms with van der Waals surface area (Å²) < 4.78 is 8.55. The van der Waals surface area contributed by atoms with Gasteiger partial charge in [-0.2, -0.15) is 7.82 Å². The molecule has 0 saturated heterocycles. The van der Waals surface area contributed by atoms with Gasteiger partial charge in [0, 0.05) is 32.5 Å². The van der Waals surface area contributed by atoms with Crippen molar-refractivity contribution in [2.45, 2.75) is 51.4 Å². The van der Waals surface area contributed by atoms with Gasteiger partial charge in [-0.1, -0.05) is 25.7 Å². The van der Waals surface area contributed by atoms with Crippen molar-refractivity contribution < 1.29 is 143 Å². The Morgan fingerprint density at radius 1 is 0.625 bits per heavy atom. The number of unbranched alkanes of at least 4 members (excludes halogenated alkanes) is 5. The van der Waals surface area contributed by atoms with Crippen LogP contribution in [-0.2, 0) is 14.2 Å². The smallest absolute Gasteiger partial charge is 0.822 e. The van der Waals surface area contributed by atoms with Crippen molar-refractivity contribution in [3.63, 3.8) is 0 Å². The molecule has 5 N–H and O–H groups in total. The number of rotatable bonds is 15. The molecule has 0 unspecified atom stereocenters. The molecule has 0 aromatic rings. The average molecular weight is 515 g/mol. The van der Waals surface area contributed by atoms with Crippen LogP contribution in [0.3, 0.4) is 0 Å². The summed E-state index contributed by atoms with van der Waals surface area (Å²) in [6.45, 7) is 1.75. The van der Waals surface area contributed by atoms with Gasteiger partial charge in [-0.3, -0.25) is 14.5 Å². The van der Waals surface area contributed by atoms with E-state index in [0.717, 1.165) is 38.5 Å². The molecule has 0 fully saturated rings. The third-order valence-corrected chi connectivity index (χ3v) is 3.28. The number of aliphatic carboxylic acids is 2. The van der Waals surface area contributed by atoms with Crippen LogP contribution in [-0.4, -0.2) is 81.8 Å². The third-order valence-electron chi connectivity index (χ3n) is 3.28. The molecule has 176 valence electrons. The molecule has 0 heterocycles. The number of phosphoric acid groups is 1. The van der Waals surface area contributed by atoms with Crippen molar-refractivity contribution in [1.29, 1.82) is 0 Å². The molecular weight excluding hydrogens is 482 g/mol. The average Bonchev–Trinajstić information content (AvgIpc) is 2.56. The van der Waals surface area contributed by atoms with Crippen LogP contribution >= 0.6 is 7.82 Å². The molecule has 0 amide bonds. The maximum Gasteiger partial charge on any atom is 1.00 e. The predicted octanol–water partition coefficient (Wildman–Crippen LogP) is -11.3. The number of carbonyl (C=O) groups is 2. The van der Waals surface area contributed by atoms with E-state index < -0.39 is 19.8 Å².